The first-order chi connectivity index (χ1) is 8.60. The van der Waals surface area contributed by atoms with Crippen molar-refractivity contribution in [2.24, 2.45) is 5.11 Å². The Morgan fingerprint density at radius 1 is 1.56 bits per heavy atom. The predicted octanol–water partition coefficient (Wildman–Crippen LogP) is 1.55. The highest BCUT2D eigenvalue weighted by atomic mass is 32.2. The third-order valence-corrected chi connectivity index (χ3v) is 2.82. The fourth-order valence-electron chi connectivity index (χ4n) is 1.35. The van der Waals surface area contributed by atoms with Gasteiger partial charge in [0, 0.05) is 21.1 Å². The highest BCUT2D eigenvalue weighted by Gasteiger charge is 2.20. The number of aliphatic hydroxyl groups excluding tert-OH is 2. The first-order valence-electron chi connectivity index (χ1n) is 4.92. The van der Waals surface area contributed by atoms with E-state index in [1.807, 2.05) is 5.40 Å². The maximum atomic E-state index is 9.88. The lowest BCUT2D eigenvalue weighted by Gasteiger charge is -2.18. The molecule has 0 saturated heterocycles. The molecular formula is C10H11N5O2S. The van der Waals surface area contributed by atoms with Crippen molar-refractivity contribution in [3.8, 4) is 5.40 Å². The molecule has 2 unspecified atom stereocenters. The number of nitrogen functional groups attached to an aromatic ring is 1. The number of hydrogen-bond donors (Lipinski definition) is 3. The van der Waals surface area contributed by atoms with Crippen LogP contribution in [0.4, 0.5) is 5.69 Å². The second kappa shape index (κ2) is 6.74. The number of nitrogens with zero attached hydrogens (tertiary/aromatic N) is 4. The van der Waals surface area contributed by atoms with Gasteiger partial charge in [0.25, 0.3) is 0 Å². The maximum Gasteiger partial charge on any atom is 0.138 e. The lowest BCUT2D eigenvalue weighted by molar-refractivity contribution is 0.0247. The third kappa shape index (κ3) is 3.55. The number of aliphatic hydroxyl groups is 2. The molecule has 1 aromatic rings. The summed E-state index contributed by atoms with van der Waals surface area (Å²) in [6, 6.07) is 4.70. The fourth-order valence-corrected chi connectivity index (χ4v) is 1.78. The fraction of sp³-hybridized carbons (Fsp3) is 0.300. The van der Waals surface area contributed by atoms with Crippen LogP contribution in [0.3, 0.4) is 0 Å². The molecule has 18 heavy (non-hydrogen) atoms. The van der Waals surface area contributed by atoms with Gasteiger partial charge < -0.3 is 15.9 Å². The molecule has 1 aromatic carbocycles. The highest BCUT2D eigenvalue weighted by Crippen LogP contribution is 2.28. The zero-order valence-electron chi connectivity index (χ0n) is 9.26. The van der Waals surface area contributed by atoms with E-state index in [1.165, 1.54) is 6.07 Å². The van der Waals surface area contributed by atoms with E-state index < -0.39 is 12.2 Å². The number of nitrogens with two attached hydrogens (primary N) is 1. The largest absolute Gasteiger partial charge is 0.398 e. The number of anilines is 1. The molecule has 0 fully saturated rings. The summed E-state index contributed by atoms with van der Waals surface area (Å²) in [5.74, 6) is 0. The van der Waals surface area contributed by atoms with Crippen molar-refractivity contribution >= 4 is 17.4 Å². The number of benzene rings is 1. The van der Waals surface area contributed by atoms with Gasteiger partial charge in [-0.1, -0.05) is 5.11 Å². The summed E-state index contributed by atoms with van der Waals surface area (Å²) in [5.41, 5.74) is 14.4. The molecule has 2 atom stereocenters. The Kier molecular flexibility index (Phi) is 5.30. The van der Waals surface area contributed by atoms with Crippen LogP contribution in [0.1, 0.15) is 11.7 Å². The van der Waals surface area contributed by atoms with Crippen molar-refractivity contribution in [1.29, 1.82) is 5.26 Å². The Balaban J connectivity index is 2.96. The molecule has 0 aliphatic heterocycles. The van der Waals surface area contributed by atoms with Crippen LogP contribution >= 0.6 is 11.8 Å². The average molecular weight is 265 g/mol. The van der Waals surface area contributed by atoms with Crippen molar-refractivity contribution in [3.05, 3.63) is 34.2 Å². The van der Waals surface area contributed by atoms with Crippen molar-refractivity contribution in [1.82, 2.24) is 0 Å². The third-order valence-electron chi connectivity index (χ3n) is 2.24. The lowest BCUT2D eigenvalue weighted by Crippen LogP contribution is -2.22. The number of rotatable bonds is 5. The average Bonchev–Trinajstić information content (AvgIpc) is 2.37. The van der Waals surface area contributed by atoms with Crippen LogP contribution in [0.15, 0.2) is 28.2 Å². The smallest absolute Gasteiger partial charge is 0.138 e. The van der Waals surface area contributed by atoms with Gasteiger partial charge >= 0.3 is 0 Å². The Morgan fingerprint density at radius 2 is 2.28 bits per heavy atom. The minimum atomic E-state index is -1.27. The zero-order valence-corrected chi connectivity index (χ0v) is 10.1. The second-order valence-corrected chi connectivity index (χ2v) is 4.27. The van der Waals surface area contributed by atoms with Gasteiger partial charge in [0.2, 0.25) is 0 Å². The summed E-state index contributed by atoms with van der Waals surface area (Å²) in [6.07, 6.45) is -2.51. The SMILES string of the molecule is N#CSc1ccc(N)c(C(O)C(O)CN=[N+]=[N-])c1. The molecule has 0 amide bonds. The van der Waals surface area contributed by atoms with Gasteiger partial charge in [-0.05, 0) is 35.5 Å². The Labute approximate surface area is 107 Å². The quantitative estimate of drug-likeness (QED) is 0.185. The topological polar surface area (TPSA) is 139 Å². The maximum absolute atomic E-state index is 9.88. The van der Waals surface area contributed by atoms with Gasteiger partial charge in [0.1, 0.15) is 11.5 Å². The van der Waals surface area contributed by atoms with E-state index in [0.717, 1.165) is 11.8 Å². The van der Waals surface area contributed by atoms with E-state index in [9.17, 15) is 10.2 Å². The number of thioether (sulfide) groups is 1. The Hall–Kier alpha value is -1.91. The van der Waals surface area contributed by atoms with Gasteiger partial charge in [0.05, 0.1) is 12.6 Å². The van der Waals surface area contributed by atoms with Crippen molar-refractivity contribution < 1.29 is 10.2 Å². The normalized spacial score (nSPS) is 13.2. The number of azide groups is 1. The summed E-state index contributed by atoms with van der Waals surface area (Å²) in [4.78, 5) is 3.10. The number of hydrogen-bond acceptors (Lipinski definition) is 6. The van der Waals surface area contributed by atoms with Crippen LogP contribution in [0.2, 0.25) is 0 Å². The molecule has 0 aliphatic carbocycles. The molecule has 0 heterocycles. The van der Waals surface area contributed by atoms with Crippen molar-refractivity contribution in [2.45, 2.75) is 17.1 Å². The standard InChI is InChI=1S/C10H11N5O2S/c11-5-18-6-1-2-8(12)7(3-6)10(17)9(16)4-14-15-13/h1-3,9-10,16-17H,4,12H2. The van der Waals surface area contributed by atoms with Crippen molar-refractivity contribution in [3.63, 3.8) is 0 Å². The van der Waals surface area contributed by atoms with E-state index in [1.54, 1.807) is 12.1 Å². The van der Waals surface area contributed by atoms with E-state index in [-0.39, 0.29) is 6.54 Å². The Morgan fingerprint density at radius 3 is 2.89 bits per heavy atom. The molecule has 0 bridgehead atoms. The summed E-state index contributed by atoms with van der Waals surface area (Å²) < 4.78 is 0. The number of nitriles is 1. The van der Waals surface area contributed by atoms with Crippen LogP contribution in [-0.2, 0) is 0 Å². The molecule has 1 rings (SSSR count). The molecule has 8 heteroatoms. The van der Waals surface area contributed by atoms with E-state index >= 15 is 0 Å². The molecule has 4 N–H and O–H groups in total. The zero-order chi connectivity index (χ0) is 13.5. The van der Waals surface area contributed by atoms with Gasteiger partial charge in [-0.25, -0.2) is 0 Å². The predicted molar refractivity (Wildman–Crippen MR) is 67.3 cm³/mol. The summed E-state index contributed by atoms with van der Waals surface area (Å²) in [7, 11) is 0. The first kappa shape index (κ1) is 14.2. The lowest BCUT2D eigenvalue weighted by atomic mass is 10.0. The van der Waals surface area contributed by atoms with Gasteiger partial charge in [-0.2, -0.15) is 5.26 Å². The summed E-state index contributed by atoms with van der Waals surface area (Å²) in [6.45, 7) is -0.257. The van der Waals surface area contributed by atoms with E-state index in [2.05, 4.69) is 10.0 Å². The minimum absolute atomic E-state index is 0.257. The van der Waals surface area contributed by atoms with Crippen LogP contribution < -0.4 is 5.73 Å². The van der Waals surface area contributed by atoms with E-state index in [0.29, 0.717) is 16.1 Å². The molecule has 7 nitrogen and oxygen atoms in total. The van der Waals surface area contributed by atoms with Gasteiger partial charge in [-0.15, -0.1) is 0 Å². The molecule has 0 saturated carbocycles. The Bertz CT molecular complexity index is 509. The van der Waals surface area contributed by atoms with Crippen LogP contribution in [0.25, 0.3) is 10.4 Å². The van der Waals surface area contributed by atoms with Crippen LogP contribution in [0.5, 0.6) is 0 Å². The van der Waals surface area contributed by atoms with Crippen molar-refractivity contribution in [2.75, 3.05) is 12.3 Å². The molecule has 0 spiro atoms. The molecular weight excluding hydrogens is 254 g/mol. The highest BCUT2D eigenvalue weighted by molar-refractivity contribution is 8.03. The second-order valence-electron chi connectivity index (χ2n) is 3.41. The van der Waals surface area contributed by atoms with Gasteiger partial charge in [-0.3, -0.25) is 0 Å². The van der Waals surface area contributed by atoms with Crippen LogP contribution in [0, 0.1) is 10.7 Å². The van der Waals surface area contributed by atoms with E-state index in [4.69, 9.17) is 16.5 Å². The summed E-state index contributed by atoms with van der Waals surface area (Å²) in [5, 5.41) is 33.1. The van der Waals surface area contributed by atoms with Gasteiger partial charge in [0.15, 0.2) is 0 Å². The molecule has 0 radical (unpaired) electrons. The number of thiocyanates is 1. The minimum Gasteiger partial charge on any atom is -0.398 e. The molecule has 94 valence electrons. The summed E-state index contributed by atoms with van der Waals surface area (Å²) >= 11 is 0.920. The monoisotopic (exact) mass is 265 g/mol. The molecule has 0 aromatic heterocycles. The van der Waals surface area contributed by atoms with Crippen LogP contribution in [-0.4, -0.2) is 22.9 Å². The first-order valence-corrected chi connectivity index (χ1v) is 5.74. The molecule has 0 aliphatic rings.